The van der Waals surface area contributed by atoms with E-state index in [2.05, 4.69) is 69.4 Å². The van der Waals surface area contributed by atoms with Crippen LogP contribution < -0.4 is 0 Å². The molecule has 6 nitrogen and oxygen atoms in total. The van der Waals surface area contributed by atoms with E-state index in [1.54, 1.807) is 0 Å². The second kappa shape index (κ2) is 70.9. The zero-order valence-corrected chi connectivity index (χ0v) is 55.3. The summed E-state index contributed by atoms with van der Waals surface area (Å²) in [4.78, 5) is 38.4. The molecule has 0 heterocycles. The highest BCUT2D eigenvalue weighted by atomic mass is 16.6. The largest absolute Gasteiger partial charge is 0.462 e. The van der Waals surface area contributed by atoms with Gasteiger partial charge in [-0.15, -0.1) is 0 Å². The Bertz CT molecular complexity index is 1410. The molecule has 0 rings (SSSR count). The summed E-state index contributed by atoms with van der Waals surface area (Å²) in [6, 6.07) is 0. The van der Waals surface area contributed by atoms with E-state index in [4.69, 9.17) is 14.2 Å². The molecule has 0 saturated heterocycles. The maximum Gasteiger partial charge on any atom is 0.306 e. The van der Waals surface area contributed by atoms with Gasteiger partial charge in [-0.05, 0) is 57.8 Å². The maximum absolute atomic E-state index is 12.9. The van der Waals surface area contributed by atoms with Gasteiger partial charge in [0.05, 0.1) is 0 Å². The number of esters is 3. The van der Waals surface area contributed by atoms with Gasteiger partial charge in [0.25, 0.3) is 0 Å². The first kappa shape index (κ1) is 79.4. The Morgan fingerprint density at radius 1 is 0.256 bits per heavy atom. The van der Waals surface area contributed by atoms with E-state index < -0.39 is 6.10 Å². The number of carbonyl (C=O) groups is 3. The summed E-state index contributed by atoms with van der Waals surface area (Å²) >= 11 is 0. The highest BCUT2D eigenvalue weighted by Crippen LogP contribution is 2.19. The molecule has 0 aliphatic rings. The molecule has 0 aromatic carbocycles. The zero-order chi connectivity index (χ0) is 59.2. The van der Waals surface area contributed by atoms with Crippen molar-refractivity contribution in [3.8, 4) is 0 Å². The molecular formula is C76H140O6. The van der Waals surface area contributed by atoms with E-state index in [1.807, 2.05) is 0 Å². The quantitative estimate of drug-likeness (QED) is 0.0261. The van der Waals surface area contributed by atoms with Crippen molar-refractivity contribution in [2.24, 2.45) is 0 Å². The molecule has 0 aliphatic heterocycles. The van der Waals surface area contributed by atoms with E-state index in [9.17, 15) is 14.4 Å². The van der Waals surface area contributed by atoms with Crippen LogP contribution in [-0.2, 0) is 28.6 Å². The van der Waals surface area contributed by atoms with Crippen molar-refractivity contribution in [2.75, 3.05) is 13.2 Å². The first-order chi connectivity index (χ1) is 40.5. The van der Waals surface area contributed by atoms with Crippen molar-refractivity contribution in [3.05, 3.63) is 48.6 Å². The molecule has 0 fully saturated rings. The lowest BCUT2D eigenvalue weighted by molar-refractivity contribution is -0.167. The molecule has 1 atom stereocenters. The van der Waals surface area contributed by atoms with E-state index in [0.717, 1.165) is 96.3 Å². The van der Waals surface area contributed by atoms with Gasteiger partial charge in [0.1, 0.15) is 13.2 Å². The minimum atomic E-state index is -0.784. The molecule has 0 aromatic heterocycles. The van der Waals surface area contributed by atoms with Crippen LogP contribution in [0.1, 0.15) is 400 Å². The molecule has 6 heteroatoms. The van der Waals surface area contributed by atoms with Crippen LogP contribution in [0.2, 0.25) is 0 Å². The van der Waals surface area contributed by atoms with Crippen LogP contribution in [0.15, 0.2) is 48.6 Å². The predicted octanol–water partition coefficient (Wildman–Crippen LogP) is 25.3. The van der Waals surface area contributed by atoms with Crippen molar-refractivity contribution in [2.45, 2.75) is 406 Å². The molecule has 0 spiro atoms. The third-order valence-corrected chi connectivity index (χ3v) is 16.6. The lowest BCUT2D eigenvalue weighted by Crippen LogP contribution is -2.30. The summed E-state index contributed by atoms with van der Waals surface area (Å²) in [5, 5.41) is 0. The standard InChI is InChI=1S/C76H140O6/c1-4-7-10-13-16-19-22-25-27-29-30-31-32-33-34-35-36-37-38-39-40-41-42-43-44-45-47-48-51-54-57-60-63-66-69-75(78)81-72-73(71-80-74(77)68-65-62-59-56-53-50-24-21-18-15-12-9-6-3)82-76(79)70-67-64-61-58-55-52-49-46-28-26-23-20-17-14-11-8-5-2/h8,11,17,20,26,28,49,52,73H,4-7,9-10,12-16,18-19,21-25,27,29-48,50-51,53-72H2,1-3H3/b11-8-,20-17-,28-26-,52-49-. The summed E-state index contributed by atoms with van der Waals surface area (Å²) in [6.45, 7) is 6.57. The van der Waals surface area contributed by atoms with Crippen molar-refractivity contribution in [1.29, 1.82) is 0 Å². The number of carbonyl (C=O) groups excluding carboxylic acids is 3. The summed E-state index contributed by atoms with van der Waals surface area (Å²) < 4.78 is 17.0. The van der Waals surface area contributed by atoms with E-state index >= 15 is 0 Å². The Morgan fingerprint density at radius 2 is 0.476 bits per heavy atom. The van der Waals surface area contributed by atoms with Gasteiger partial charge in [0, 0.05) is 19.3 Å². The van der Waals surface area contributed by atoms with E-state index in [-0.39, 0.29) is 31.1 Å². The molecule has 1 unspecified atom stereocenters. The summed E-state index contributed by atoms with van der Waals surface area (Å²) in [5.41, 5.74) is 0. The third-order valence-electron chi connectivity index (χ3n) is 16.6. The monoisotopic (exact) mass is 1150 g/mol. The smallest absolute Gasteiger partial charge is 0.306 e. The summed E-state index contributed by atoms with van der Waals surface area (Å²) in [5.74, 6) is -0.877. The molecule has 0 aromatic rings. The number of rotatable bonds is 68. The fraction of sp³-hybridized carbons (Fsp3) is 0.855. The lowest BCUT2D eigenvalue weighted by Gasteiger charge is -2.18. The van der Waals surface area contributed by atoms with Gasteiger partial charge in [-0.3, -0.25) is 14.4 Å². The first-order valence-corrected chi connectivity index (χ1v) is 36.6. The molecule has 0 N–H and O–H groups in total. The Labute approximate surface area is 511 Å². The molecular weight excluding hydrogens is 1010 g/mol. The van der Waals surface area contributed by atoms with Gasteiger partial charge in [-0.2, -0.15) is 0 Å². The maximum atomic E-state index is 12.9. The minimum absolute atomic E-state index is 0.0782. The highest BCUT2D eigenvalue weighted by molar-refractivity contribution is 5.71. The van der Waals surface area contributed by atoms with Gasteiger partial charge in [-0.1, -0.05) is 371 Å². The fourth-order valence-corrected chi connectivity index (χ4v) is 11.1. The average molecular weight is 1150 g/mol. The lowest BCUT2D eigenvalue weighted by atomic mass is 10.0. The van der Waals surface area contributed by atoms with Crippen molar-refractivity contribution >= 4 is 17.9 Å². The number of allylic oxidation sites excluding steroid dienone is 8. The normalized spacial score (nSPS) is 12.3. The molecule has 0 radical (unpaired) electrons. The van der Waals surface area contributed by atoms with Crippen LogP contribution in [0.5, 0.6) is 0 Å². The Morgan fingerprint density at radius 3 is 0.744 bits per heavy atom. The van der Waals surface area contributed by atoms with Gasteiger partial charge < -0.3 is 14.2 Å². The second-order valence-corrected chi connectivity index (χ2v) is 24.8. The average Bonchev–Trinajstić information content (AvgIpc) is 3.47. The highest BCUT2D eigenvalue weighted by Gasteiger charge is 2.19. The molecule has 0 bridgehead atoms. The van der Waals surface area contributed by atoms with Crippen LogP contribution >= 0.6 is 0 Å². The topological polar surface area (TPSA) is 78.9 Å². The molecule has 0 aliphatic carbocycles. The first-order valence-electron chi connectivity index (χ1n) is 36.6. The number of unbranched alkanes of at least 4 members (excludes halogenated alkanes) is 49. The van der Waals surface area contributed by atoms with Gasteiger partial charge in [0.2, 0.25) is 0 Å². The second-order valence-electron chi connectivity index (χ2n) is 24.8. The fourth-order valence-electron chi connectivity index (χ4n) is 11.1. The van der Waals surface area contributed by atoms with Crippen LogP contribution in [0.3, 0.4) is 0 Å². The zero-order valence-electron chi connectivity index (χ0n) is 55.3. The number of hydrogen-bond acceptors (Lipinski definition) is 6. The molecule has 82 heavy (non-hydrogen) atoms. The minimum Gasteiger partial charge on any atom is -0.462 e. The van der Waals surface area contributed by atoms with E-state index in [0.29, 0.717) is 19.3 Å². The third kappa shape index (κ3) is 68.2. The molecule has 0 saturated carbocycles. The van der Waals surface area contributed by atoms with Crippen LogP contribution in [-0.4, -0.2) is 37.2 Å². The van der Waals surface area contributed by atoms with E-state index in [1.165, 1.54) is 263 Å². The SMILES string of the molecule is CC/C=C\C/C=C\C/C=C\C/C=C\CCCCCCC(=O)OC(COC(=O)CCCCCCCCCCCCCCC)COC(=O)CCCCCCCCCCCCCCCCCCCCCCCCCCCCCCCCCCCC. The Hall–Kier alpha value is -2.63. The van der Waals surface area contributed by atoms with Crippen molar-refractivity contribution in [3.63, 3.8) is 0 Å². The van der Waals surface area contributed by atoms with Crippen molar-refractivity contribution < 1.29 is 28.6 Å². The van der Waals surface area contributed by atoms with Crippen LogP contribution in [0.25, 0.3) is 0 Å². The Kier molecular flexibility index (Phi) is 68.6. The summed E-state index contributed by atoms with van der Waals surface area (Å²) in [6.07, 6.45) is 90.3. The van der Waals surface area contributed by atoms with Crippen molar-refractivity contribution in [1.82, 2.24) is 0 Å². The van der Waals surface area contributed by atoms with Crippen LogP contribution in [0, 0.1) is 0 Å². The molecule has 480 valence electrons. The summed E-state index contributed by atoms with van der Waals surface area (Å²) in [7, 11) is 0. The number of hydrogen-bond donors (Lipinski definition) is 0. The van der Waals surface area contributed by atoms with Gasteiger partial charge >= 0.3 is 17.9 Å². The van der Waals surface area contributed by atoms with Crippen LogP contribution in [0.4, 0.5) is 0 Å². The Balaban J connectivity index is 4.09. The van der Waals surface area contributed by atoms with Gasteiger partial charge in [0.15, 0.2) is 6.10 Å². The number of ether oxygens (including phenoxy) is 3. The van der Waals surface area contributed by atoms with Gasteiger partial charge in [-0.25, -0.2) is 0 Å². The predicted molar refractivity (Wildman–Crippen MR) is 358 cm³/mol. The molecule has 0 amide bonds.